The average molecular weight is 453 g/mol. The van der Waals surface area contributed by atoms with E-state index in [1.807, 2.05) is 0 Å². The number of nitro groups is 1. The molecule has 0 saturated carbocycles. The van der Waals surface area contributed by atoms with Crippen molar-refractivity contribution in [3.05, 3.63) is 58.1 Å². The van der Waals surface area contributed by atoms with Crippen LogP contribution in [0.2, 0.25) is 0 Å². The van der Waals surface area contributed by atoms with Crippen LogP contribution >= 0.6 is 0 Å². The Morgan fingerprint density at radius 3 is 2.03 bits per heavy atom. The molecule has 0 fully saturated rings. The van der Waals surface area contributed by atoms with Gasteiger partial charge in [-0.15, -0.1) is 0 Å². The lowest BCUT2D eigenvalue weighted by Gasteiger charge is -2.11. The molecule has 0 saturated heterocycles. The first-order valence-corrected chi connectivity index (χ1v) is 10.6. The number of halogens is 3. The first kappa shape index (κ1) is 22.6. The molecule has 29 heavy (non-hydrogen) atoms. The molecule has 0 bridgehead atoms. The molecule has 0 heterocycles. The van der Waals surface area contributed by atoms with Crippen LogP contribution in [0.3, 0.4) is 0 Å². The molecule has 2 rings (SSSR count). The van der Waals surface area contributed by atoms with Gasteiger partial charge in [-0.25, -0.2) is 21.6 Å². The maximum absolute atomic E-state index is 12.4. The largest absolute Gasteiger partial charge is 0.402 e. The Balaban J connectivity index is 2.23. The van der Waals surface area contributed by atoms with Gasteiger partial charge in [-0.2, -0.15) is 13.2 Å². The smallest absolute Gasteiger partial charge is 0.280 e. The summed E-state index contributed by atoms with van der Waals surface area (Å²) in [5, 5.41) is 11.0. The quantitative estimate of drug-likeness (QED) is 0.489. The summed E-state index contributed by atoms with van der Waals surface area (Å²) >= 11 is 0. The van der Waals surface area contributed by atoms with Crippen LogP contribution < -0.4 is 9.44 Å². The maximum atomic E-state index is 12.4. The van der Waals surface area contributed by atoms with E-state index in [0.29, 0.717) is 0 Å². The molecule has 0 unspecified atom stereocenters. The summed E-state index contributed by atoms with van der Waals surface area (Å²) in [5.74, 6) is 0. The Labute approximate surface area is 163 Å². The summed E-state index contributed by atoms with van der Waals surface area (Å²) in [7, 11) is -8.68. The zero-order valence-electron chi connectivity index (χ0n) is 14.6. The summed E-state index contributed by atoms with van der Waals surface area (Å²) in [6.45, 7) is -0.316. The molecular weight excluding hydrogens is 439 g/mol. The Hall–Kier alpha value is -2.71. The normalized spacial score (nSPS) is 12.6. The van der Waals surface area contributed by atoms with E-state index in [4.69, 9.17) is 0 Å². The predicted molar refractivity (Wildman–Crippen MR) is 96.3 cm³/mol. The minimum absolute atomic E-state index is 0.0944. The number of hydrogen-bond acceptors (Lipinski definition) is 6. The minimum Gasteiger partial charge on any atom is -0.280 e. The maximum Gasteiger partial charge on any atom is 0.402 e. The second kappa shape index (κ2) is 7.96. The van der Waals surface area contributed by atoms with Gasteiger partial charge in [0.05, 0.1) is 14.7 Å². The Morgan fingerprint density at radius 1 is 0.966 bits per heavy atom. The van der Waals surface area contributed by atoms with E-state index in [-0.39, 0.29) is 11.3 Å². The number of nitrogens with zero attached hydrogens (tertiary/aromatic N) is 1. The molecule has 9 nitrogen and oxygen atoms in total. The molecule has 2 aromatic rings. The highest BCUT2D eigenvalue weighted by Gasteiger charge is 2.30. The molecule has 2 N–H and O–H groups in total. The summed E-state index contributed by atoms with van der Waals surface area (Å²) in [6, 6.07) is 7.17. The third kappa shape index (κ3) is 5.88. The van der Waals surface area contributed by atoms with E-state index in [0.717, 1.165) is 36.4 Å². The fourth-order valence-corrected chi connectivity index (χ4v) is 4.22. The van der Waals surface area contributed by atoms with Crippen molar-refractivity contribution in [2.45, 2.75) is 22.9 Å². The van der Waals surface area contributed by atoms with E-state index in [9.17, 15) is 40.1 Å². The fraction of sp³-hybridized carbons (Fsp3) is 0.200. The van der Waals surface area contributed by atoms with Crippen molar-refractivity contribution in [3.63, 3.8) is 0 Å². The van der Waals surface area contributed by atoms with Crippen molar-refractivity contribution < 1.29 is 34.9 Å². The van der Waals surface area contributed by atoms with Gasteiger partial charge in [0.2, 0.25) is 10.0 Å². The van der Waals surface area contributed by atoms with Crippen LogP contribution in [-0.2, 0) is 20.0 Å². The van der Waals surface area contributed by atoms with E-state index in [1.165, 1.54) is 17.7 Å². The first-order chi connectivity index (χ1) is 13.2. The number of anilines is 1. The number of rotatable bonds is 7. The number of sulfonamides is 2. The van der Waals surface area contributed by atoms with Crippen LogP contribution in [0, 0.1) is 17.0 Å². The second-order valence-corrected chi connectivity index (χ2v) is 9.22. The van der Waals surface area contributed by atoms with Gasteiger partial charge in [0.1, 0.15) is 6.54 Å². The van der Waals surface area contributed by atoms with Crippen LogP contribution in [0.25, 0.3) is 0 Å². The third-order valence-corrected chi connectivity index (χ3v) is 6.36. The van der Waals surface area contributed by atoms with Gasteiger partial charge < -0.3 is 0 Å². The number of benzene rings is 2. The zero-order valence-corrected chi connectivity index (χ0v) is 16.2. The monoisotopic (exact) mass is 453 g/mol. The molecular formula is C15H14F3N3O6S2. The Kier molecular flexibility index (Phi) is 6.20. The SMILES string of the molecule is Cc1ccc(S(=O)(=O)Nc2ccc(S(=O)(=O)NCC(F)(F)F)cc2)cc1[N+](=O)[O-]. The molecule has 0 amide bonds. The summed E-state index contributed by atoms with van der Waals surface area (Å²) in [6.07, 6.45) is -4.74. The van der Waals surface area contributed by atoms with Crippen LogP contribution in [0.1, 0.15) is 5.56 Å². The number of nitrogens with one attached hydrogen (secondary N) is 2. The van der Waals surface area contributed by atoms with Crippen LogP contribution in [-0.4, -0.2) is 34.5 Å². The Morgan fingerprint density at radius 2 is 1.52 bits per heavy atom. The van der Waals surface area contributed by atoms with E-state index >= 15 is 0 Å². The standard InChI is InChI=1S/C15H14F3N3O6S2/c1-10-2-5-13(8-14(10)21(22)23)29(26,27)20-11-3-6-12(7-4-11)28(24,25)19-9-15(16,17)18/h2-8,19-20H,9H2,1H3. The van der Waals surface area contributed by atoms with Crippen LogP contribution in [0.5, 0.6) is 0 Å². The molecule has 0 aromatic heterocycles. The second-order valence-electron chi connectivity index (χ2n) is 5.78. The van der Waals surface area contributed by atoms with Gasteiger partial charge in [-0.05, 0) is 37.3 Å². The topological polar surface area (TPSA) is 135 Å². The van der Waals surface area contributed by atoms with Gasteiger partial charge in [0, 0.05) is 17.3 Å². The van der Waals surface area contributed by atoms with Crippen molar-refractivity contribution in [1.82, 2.24) is 4.72 Å². The summed E-state index contributed by atoms with van der Waals surface area (Å²) in [4.78, 5) is 9.33. The fourth-order valence-electron chi connectivity index (χ4n) is 2.13. The molecule has 0 aliphatic carbocycles. The van der Waals surface area contributed by atoms with E-state index in [1.54, 1.807) is 0 Å². The van der Waals surface area contributed by atoms with Crippen molar-refractivity contribution in [1.29, 1.82) is 0 Å². The number of hydrogen-bond donors (Lipinski definition) is 2. The lowest BCUT2D eigenvalue weighted by molar-refractivity contribution is -0.385. The summed E-state index contributed by atoms with van der Waals surface area (Å²) < 4.78 is 88.4. The van der Waals surface area contributed by atoms with Gasteiger partial charge >= 0.3 is 6.18 Å². The number of nitro benzene ring substituents is 1. The molecule has 0 atom stereocenters. The average Bonchev–Trinajstić information content (AvgIpc) is 2.59. The lowest BCUT2D eigenvalue weighted by atomic mass is 10.2. The molecule has 158 valence electrons. The molecule has 2 aromatic carbocycles. The lowest BCUT2D eigenvalue weighted by Crippen LogP contribution is -2.33. The highest BCUT2D eigenvalue weighted by Crippen LogP contribution is 2.24. The number of aryl methyl sites for hydroxylation is 1. The Bertz CT molecular complexity index is 1130. The molecule has 0 spiro atoms. The van der Waals surface area contributed by atoms with Gasteiger partial charge in [0.25, 0.3) is 15.7 Å². The zero-order chi connectivity index (χ0) is 22.0. The van der Waals surface area contributed by atoms with Crippen LogP contribution in [0.15, 0.2) is 52.3 Å². The molecule has 0 aliphatic heterocycles. The van der Waals surface area contributed by atoms with Gasteiger partial charge in [0.15, 0.2) is 0 Å². The third-order valence-electron chi connectivity index (χ3n) is 3.57. The van der Waals surface area contributed by atoms with Gasteiger partial charge in [-0.3, -0.25) is 14.8 Å². The van der Waals surface area contributed by atoms with Crippen molar-refractivity contribution in [3.8, 4) is 0 Å². The van der Waals surface area contributed by atoms with Crippen molar-refractivity contribution in [2.75, 3.05) is 11.3 Å². The van der Waals surface area contributed by atoms with Crippen molar-refractivity contribution in [2.24, 2.45) is 0 Å². The van der Waals surface area contributed by atoms with E-state index in [2.05, 4.69) is 4.72 Å². The van der Waals surface area contributed by atoms with Gasteiger partial charge in [-0.1, -0.05) is 6.07 Å². The summed E-state index contributed by atoms with van der Waals surface area (Å²) in [5.41, 5.74) is -0.233. The first-order valence-electron chi connectivity index (χ1n) is 7.66. The molecule has 0 radical (unpaired) electrons. The van der Waals surface area contributed by atoms with Crippen molar-refractivity contribution >= 4 is 31.4 Å². The number of alkyl halides is 3. The van der Waals surface area contributed by atoms with E-state index < -0.39 is 53.2 Å². The highest BCUT2D eigenvalue weighted by atomic mass is 32.2. The molecule has 0 aliphatic rings. The highest BCUT2D eigenvalue weighted by molar-refractivity contribution is 7.92. The minimum atomic E-state index is -4.74. The van der Waals surface area contributed by atoms with Crippen LogP contribution in [0.4, 0.5) is 24.5 Å². The predicted octanol–water partition coefficient (Wildman–Crippen LogP) is 2.54. The molecule has 14 heteroatoms.